The van der Waals surface area contributed by atoms with E-state index in [0.717, 1.165) is 12.0 Å². The van der Waals surface area contributed by atoms with Gasteiger partial charge in [0.1, 0.15) is 0 Å². The van der Waals surface area contributed by atoms with Gasteiger partial charge in [-0.3, -0.25) is 0 Å². The topological polar surface area (TPSA) is 59.3 Å². The Hall–Kier alpha value is -1.54. The predicted molar refractivity (Wildman–Crippen MR) is 71.4 cm³/mol. The van der Waals surface area contributed by atoms with Crippen LogP contribution in [0.1, 0.15) is 19.5 Å². The van der Waals surface area contributed by atoms with Crippen LogP contribution in [0.4, 0.5) is 13.2 Å². The zero-order chi connectivity index (χ0) is 15.9. The highest BCUT2D eigenvalue weighted by atomic mass is 19.4. The fourth-order valence-electron chi connectivity index (χ4n) is 1.67. The van der Waals surface area contributed by atoms with Gasteiger partial charge in [0.2, 0.25) is 0 Å². The Labute approximate surface area is 121 Å². The largest absolute Gasteiger partial charge is 0.502 e. The van der Waals surface area contributed by atoms with Crippen LogP contribution >= 0.6 is 0 Å². The maximum absolute atomic E-state index is 12.9. The number of aryl methyl sites for hydroxylation is 1. The molecule has 1 unspecified atom stereocenters. The molecule has 0 aliphatic rings. The molecule has 0 saturated carbocycles. The fraction of sp³-hybridized carbons (Fsp3) is 0.615. The standard InChI is InChI=1S/C13H20F3N3O2/c1-3-19-10-18-8-11(19)7-17-9-12(20,13(14,15)16)5-6-21-4-2/h5-6,8,10,17,20H,3-4,7,9H2,1-2H3/b6-5+. The molecule has 0 aliphatic heterocycles. The van der Waals surface area contributed by atoms with E-state index in [1.54, 1.807) is 24.0 Å². The summed E-state index contributed by atoms with van der Waals surface area (Å²) in [7, 11) is 0. The van der Waals surface area contributed by atoms with Crippen molar-refractivity contribution in [2.75, 3.05) is 13.2 Å². The van der Waals surface area contributed by atoms with Gasteiger partial charge in [-0.2, -0.15) is 13.2 Å². The Kier molecular flexibility index (Phi) is 6.22. The maximum Gasteiger partial charge on any atom is 0.422 e. The van der Waals surface area contributed by atoms with Crippen LogP contribution in [-0.4, -0.2) is 39.6 Å². The third-order valence-corrected chi connectivity index (χ3v) is 2.94. The second-order valence-electron chi connectivity index (χ2n) is 4.45. The van der Waals surface area contributed by atoms with Gasteiger partial charge in [-0.1, -0.05) is 0 Å². The lowest BCUT2D eigenvalue weighted by atomic mass is 10.0. The second-order valence-corrected chi connectivity index (χ2v) is 4.45. The number of nitrogens with zero attached hydrogens (tertiary/aromatic N) is 2. The van der Waals surface area contributed by atoms with Gasteiger partial charge in [-0.05, 0) is 19.9 Å². The third-order valence-electron chi connectivity index (χ3n) is 2.94. The molecule has 1 rings (SSSR count). The van der Waals surface area contributed by atoms with Crippen LogP contribution in [-0.2, 0) is 17.8 Å². The van der Waals surface area contributed by atoms with Crippen LogP contribution in [0.5, 0.6) is 0 Å². The van der Waals surface area contributed by atoms with Crippen LogP contribution in [0.2, 0.25) is 0 Å². The van der Waals surface area contributed by atoms with E-state index < -0.39 is 18.3 Å². The van der Waals surface area contributed by atoms with E-state index in [1.807, 2.05) is 6.92 Å². The molecular weight excluding hydrogens is 287 g/mol. The van der Waals surface area contributed by atoms with Crippen LogP contribution < -0.4 is 5.32 Å². The number of aliphatic hydroxyl groups is 1. The number of nitrogens with one attached hydrogen (secondary N) is 1. The van der Waals surface area contributed by atoms with Crippen molar-refractivity contribution in [2.24, 2.45) is 0 Å². The number of hydrogen-bond acceptors (Lipinski definition) is 4. The van der Waals surface area contributed by atoms with Crippen molar-refractivity contribution in [3.8, 4) is 0 Å². The van der Waals surface area contributed by atoms with E-state index in [0.29, 0.717) is 12.6 Å². The van der Waals surface area contributed by atoms with Gasteiger partial charge < -0.3 is 19.7 Å². The number of ether oxygens (including phenoxy) is 1. The van der Waals surface area contributed by atoms with Gasteiger partial charge in [0.25, 0.3) is 0 Å². The van der Waals surface area contributed by atoms with Crippen LogP contribution in [0, 0.1) is 0 Å². The predicted octanol–water partition coefficient (Wildman–Crippen LogP) is 1.84. The number of hydrogen-bond donors (Lipinski definition) is 2. The molecule has 1 aromatic rings. The van der Waals surface area contributed by atoms with Crippen molar-refractivity contribution >= 4 is 0 Å². The normalized spacial score (nSPS) is 15.3. The molecule has 0 bridgehead atoms. The van der Waals surface area contributed by atoms with Crippen LogP contribution in [0.25, 0.3) is 0 Å². The van der Waals surface area contributed by atoms with E-state index in [2.05, 4.69) is 10.3 Å². The van der Waals surface area contributed by atoms with Crippen molar-refractivity contribution in [1.82, 2.24) is 14.9 Å². The summed E-state index contributed by atoms with van der Waals surface area (Å²) >= 11 is 0. The number of rotatable bonds is 8. The highest BCUT2D eigenvalue weighted by Gasteiger charge is 2.51. The van der Waals surface area contributed by atoms with Crippen molar-refractivity contribution in [1.29, 1.82) is 0 Å². The van der Waals surface area contributed by atoms with Gasteiger partial charge >= 0.3 is 6.18 Å². The molecule has 2 N–H and O–H groups in total. The average Bonchev–Trinajstić information content (AvgIpc) is 2.85. The minimum Gasteiger partial charge on any atom is -0.502 e. The SMILES string of the molecule is CCO/C=C/C(O)(CNCc1cncn1CC)C(F)(F)F. The van der Waals surface area contributed by atoms with E-state index >= 15 is 0 Å². The number of halogens is 3. The summed E-state index contributed by atoms with van der Waals surface area (Å²) in [6, 6.07) is 0. The van der Waals surface area contributed by atoms with Gasteiger partial charge in [0, 0.05) is 25.8 Å². The molecule has 0 fully saturated rings. The second kappa shape index (κ2) is 7.46. The van der Waals surface area contributed by atoms with Crippen molar-refractivity contribution in [2.45, 2.75) is 38.7 Å². The minimum atomic E-state index is -4.79. The Balaban J connectivity index is 2.66. The summed E-state index contributed by atoms with van der Waals surface area (Å²) in [5.74, 6) is 0. The maximum atomic E-state index is 12.9. The lowest BCUT2D eigenvalue weighted by molar-refractivity contribution is -0.238. The summed E-state index contributed by atoms with van der Waals surface area (Å²) in [6.45, 7) is 3.95. The van der Waals surface area contributed by atoms with Crippen molar-refractivity contribution in [3.63, 3.8) is 0 Å². The lowest BCUT2D eigenvalue weighted by Gasteiger charge is -2.27. The molecule has 5 nitrogen and oxygen atoms in total. The van der Waals surface area contributed by atoms with E-state index in [9.17, 15) is 18.3 Å². The molecule has 1 heterocycles. The Morgan fingerprint density at radius 2 is 2.14 bits per heavy atom. The summed E-state index contributed by atoms with van der Waals surface area (Å²) in [5, 5.41) is 12.4. The van der Waals surface area contributed by atoms with E-state index in [4.69, 9.17) is 4.74 Å². The highest BCUT2D eigenvalue weighted by molar-refractivity contribution is 5.06. The fourth-order valence-corrected chi connectivity index (χ4v) is 1.67. The van der Waals surface area contributed by atoms with E-state index in [-0.39, 0.29) is 13.2 Å². The summed E-state index contributed by atoms with van der Waals surface area (Å²) in [4.78, 5) is 3.92. The first-order valence-electron chi connectivity index (χ1n) is 6.62. The number of alkyl halides is 3. The summed E-state index contributed by atoms with van der Waals surface area (Å²) in [6.07, 6.45) is -0.147. The van der Waals surface area contributed by atoms with Crippen molar-refractivity contribution < 1.29 is 23.0 Å². The average molecular weight is 307 g/mol. The Morgan fingerprint density at radius 1 is 1.43 bits per heavy atom. The summed E-state index contributed by atoms with van der Waals surface area (Å²) in [5.41, 5.74) is -2.23. The van der Waals surface area contributed by atoms with Gasteiger partial charge in [-0.25, -0.2) is 4.98 Å². The highest BCUT2D eigenvalue weighted by Crippen LogP contribution is 2.31. The van der Waals surface area contributed by atoms with Crippen LogP contribution in [0.15, 0.2) is 24.9 Å². The molecule has 0 aliphatic carbocycles. The number of aromatic nitrogens is 2. The van der Waals surface area contributed by atoms with Crippen molar-refractivity contribution in [3.05, 3.63) is 30.6 Å². The monoisotopic (exact) mass is 307 g/mol. The molecule has 0 radical (unpaired) electrons. The Bertz CT molecular complexity index is 460. The Morgan fingerprint density at radius 3 is 2.71 bits per heavy atom. The smallest absolute Gasteiger partial charge is 0.422 e. The lowest BCUT2D eigenvalue weighted by Crippen LogP contribution is -2.51. The zero-order valence-electron chi connectivity index (χ0n) is 12.0. The van der Waals surface area contributed by atoms with Gasteiger partial charge in [0.15, 0.2) is 5.60 Å². The summed E-state index contributed by atoms with van der Waals surface area (Å²) < 4.78 is 45.3. The molecule has 21 heavy (non-hydrogen) atoms. The molecule has 1 atom stereocenters. The first kappa shape index (κ1) is 17.5. The molecule has 0 aromatic carbocycles. The van der Waals surface area contributed by atoms with E-state index in [1.165, 1.54) is 0 Å². The van der Waals surface area contributed by atoms with Gasteiger partial charge in [-0.15, -0.1) is 0 Å². The first-order valence-corrected chi connectivity index (χ1v) is 6.62. The molecule has 8 heteroatoms. The molecular formula is C13H20F3N3O2. The quantitative estimate of drug-likeness (QED) is 0.720. The number of imidazole rings is 1. The molecule has 1 aromatic heterocycles. The molecule has 0 saturated heterocycles. The molecule has 0 spiro atoms. The minimum absolute atomic E-state index is 0.175. The molecule has 0 amide bonds. The zero-order valence-corrected chi connectivity index (χ0v) is 12.0. The third kappa shape index (κ3) is 4.75. The van der Waals surface area contributed by atoms with Gasteiger partial charge in [0.05, 0.1) is 24.9 Å². The van der Waals surface area contributed by atoms with Crippen LogP contribution in [0.3, 0.4) is 0 Å². The first-order chi connectivity index (χ1) is 9.84. The molecule has 120 valence electrons.